The molecule has 176 valence electrons. The van der Waals surface area contributed by atoms with Gasteiger partial charge in [-0.1, -0.05) is 37.5 Å². The molecule has 8 heteroatoms. The van der Waals surface area contributed by atoms with E-state index in [2.05, 4.69) is 20.9 Å². The zero-order chi connectivity index (χ0) is 22.7. The molecule has 32 heavy (non-hydrogen) atoms. The molecule has 2 N–H and O–H groups in total. The third kappa shape index (κ3) is 7.96. The molecule has 0 radical (unpaired) electrons. The highest BCUT2D eigenvalue weighted by molar-refractivity contribution is 7.99. The van der Waals surface area contributed by atoms with Crippen LogP contribution < -0.4 is 5.32 Å². The molecule has 0 amide bonds. The Kier molecular flexibility index (Phi) is 10.7. The van der Waals surface area contributed by atoms with Crippen LogP contribution in [0.4, 0.5) is 4.39 Å². The van der Waals surface area contributed by atoms with Gasteiger partial charge in [0.1, 0.15) is 5.82 Å². The molecule has 0 saturated heterocycles. The van der Waals surface area contributed by atoms with Crippen molar-refractivity contribution >= 4 is 20.0 Å². The Morgan fingerprint density at radius 3 is 2.69 bits per heavy atom. The quantitative estimate of drug-likeness (QED) is 0.200. The lowest BCUT2D eigenvalue weighted by atomic mass is 9.75. The predicted octanol–water partition coefficient (Wildman–Crippen LogP) is 5.87. The summed E-state index contributed by atoms with van der Waals surface area (Å²) in [6.07, 6.45) is 10.5. The predicted molar refractivity (Wildman–Crippen MR) is 129 cm³/mol. The minimum absolute atomic E-state index is 0.0363. The lowest BCUT2D eigenvalue weighted by molar-refractivity contribution is 0.276. The molecule has 0 aliphatic heterocycles. The van der Waals surface area contributed by atoms with E-state index in [1.807, 2.05) is 36.2 Å². The van der Waals surface area contributed by atoms with Crippen molar-refractivity contribution in [1.82, 2.24) is 10.3 Å². The van der Waals surface area contributed by atoms with Crippen LogP contribution in [0.3, 0.4) is 0 Å². The van der Waals surface area contributed by atoms with Gasteiger partial charge in [-0.2, -0.15) is 0 Å². The summed E-state index contributed by atoms with van der Waals surface area (Å²) in [5.74, 6) is 1.00. The molecule has 2 aromatic rings. The summed E-state index contributed by atoms with van der Waals surface area (Å²) in [6, 6.07) is 11.5. The van der Waals surface area contributed by atoms with Crippen molar-refractivity contribution in [2.24, 2.45) is 0 Å². The molecule has 0 bridgehead atoms. The monoisotopic (exact) mass is 480 g/mol. The SMILES string of the molecule is O=[PH](O)OCCCNCc1ccc(SCCCCC2(c3ccccc3F)CCCC2)cn1. The van der Waals surface area contributed by atoms with Crippen molar-refractivity contribution in [3.05, 3.63) is 59.7 Å². The van der Waals surface area contributed by atoms with Crippen LogP contribution >= 0.6 is 20.0 Å². The summed E-state index contributed by atoms with van der Waals surface area (Å²) in [5.41, 5.74) is 1.93. The maximum atomic E-state index is 14.4. The van der Waals surface area contributed by atoms with E-state index >= 15 is 0 Å². The summed E-state index contributed by atoms with van der Waals surface area (Å²) >= 11 is 1.82. The Bertz CT molecular complexity index is 847. The molecule has 1 aliphatic rings. The van der Waals surface area contributed by atoms with Crippen molar-refractivity contribution in [2.45, 2.75) is 68.2 Å². The number of nitrogens with one attached hydrogen (secondary N) is 1. The second kappa shape index (κ2) is 13.5. The number of nitrogens with zero attached hydrogens (tertiary/aromatic N) is 1. The zero-order valence-corrected chi connectivity index (χ0v) is 20.3. The minimum atomic E-state index is -2.82. The molecule has 0 spiro atoms. The number of aromatic nitrogens is 1. The molecule has 1 atom stereocenters. The fourth-order valence-corrected chi connectivity index (χ4v) is 5.72. The highest BCUT2D eigenvalue weighted by atomic mass is 32.2. The number of thioether (sulfide) groups is 1. The van der Waals surface area contributed by atoms with Crippen molar-refractivity contribution in [3.63, 3.8) is 0 Å². The number of hydrogen-bond donors (Lipinski definition) is 2. The van der Waals surface area contributed by atoms with E-state index in [0.29, 0.717) is 19.5 Å². The Labute approximate surface area is 195 Å². The van der Waals surface area contributed by atoms with Gasteiger partial charge in [-0.05, 0) is 73.6 Å². The van der Waals surface area contributed by atoms with E-state index in [9.17, 15) is 8.96 Å². The number of unbranched alkanes of at least 4 members (excludes halogenated alkanes) is 1. The summed E-state index contributed by atoms with van der Waals surface area (Å²) < 4.78 is 29.5. The van der Waals surface area contributed by atoms with Gasteiger partial charge in [-0.3, -0.25) is 9.55 Å². The van der Waals surface area contributed by atoms with E-state index in [0.717, 1.165) is 49.1 Å². The van der Waals surface area contributed by atoms with Crippen molar-refractivity contribution in [3.8, 4) is 0 Å². The van der Waals surface area contributed by atoms with Gasteiger partial charge in [0.25, 0.3) is 0 Å². The number of rotatable bonds is 14. The standard InChI is InChI=1S/C24H34FN2O3PS/c25-23-9-2-1-8-22(23)24(12-3-4-13-24)14-5-6-17-32-21-11-10-20(27-19-21)18-26-15-7-16-30-31(28)29/h1-2,8-11,19,26,31H,3-7,12-18H2,(H,28,29). The molecule has 1 aliphatic carbocycles. The van der Waals surface area contributed by atoms with Crippen LogP contribution in [0.15, 0.2) is 47.5 Å². The summed E-state index contributed by atoms with van der Waals surface area (Å²) in [4.78, 5) is 14.3. The van der Waals surface area contributed by atoms with Gasteiger partial charge in [0, 0.05) is 17.6 Å². The van der Waals surface area contributed by atoms with Crippen LogP contribution in [0, 0.1) is 5.82 Å². The van der Waals surface area contributed by atoms with Crippen molar-refractivity contribution in [1.29, 1.82) is 0 Å². The second-order valence-corrected chi connectivity index (χ2v) is 10.4. The third-order valence-corrected chi connectivity index (χ3v) is 7.67. The van der Waals surface area contributed by atoms with Gasteiger partial charge in [0.2, 0.25) is 0 Å². The van der Waals surface area contributed by atoms with Gasteiger partial charge in [-0.15, -0.1) is 11.8 Å². The van der Waals surface area contributed by atoms with E-state index in [4.69, 9.17) is 4.89 Å². The van der Waals surface area contributed by atoms with Crippen LogP contribution in [0.25, 0.3) is 0 Å². The van der Waals surface area contributed by atoms with Gasteiger partial charge in [-0.25, -0.2) is 4.39 Å². The molecule has 1 aromatic carbocycles. The Hall–Kier alpha value is -1.24. The maximum absolute atomic E-state index is 14.4. The molecular weight excluding hydrogens is 446 g/mol. The Balaban J connectivity index is 1.34. The fraction of sp³-hybridized carbons (Fsp3) is 0.542. The molecule has 1 aromatic heterocycles. The second-order valence-electron chi connectivity index (χ2n) is 8.40. The van der Waals surface area contributed by atoms with Crippen molar-refractivity contribution < 1.29 is 18.4 Å². The Morgan fingerprint density at radius 2 is 1.97 bits per heavy atom. The molecular formula is C24H34FN2O3PS. The van der Waals surface area contributed by atoms with E-state index in [-0.39, 0.29) is 17.8 Å². The summed E-state index contributed by atoms with van der Waals surface area (Å²) in [5, 5.41) is 3.25. The minimum Gasteiger partial charge on any atom is -0.326 e. The van der Waals surface area contributed by atoms with E-state index in [1.54, 1.807) is 12.1 Å². The van der Waals surface area contributed by atoms with Crippen LogP contribution in [0.5, 0.6) is 0 Å². The average Bonchev–Trinajstić information content (AvgIpc) is 3.27. The molecule has 1 fully saturated rings. The fourth-order valence-electron chi connectivity index (χ4n) is 4.53. The maximum Gasteiger partial charge on any atom is 0.316 e. The third-order valence-electron chi connectivity index (χ3n) is 6.15. The first-order valence-electron chi connectivity index (χ1n) is 11.5. The first kappa shape index (κ1) is 25.4. The van der Waals surface area contributed by atoms with Gasteiger partial charge < -0.3 is 14.7 Å². The molecule has 1 saturated carbocycles. The smallest absolute Gasteiger partial charge is 0.316 e. The highest BCUT2D eigenvalue weighted by Gasteiger charge is 2.36. The number of halogens is 1. The van der Waals surface area contributed by atoms with Crippen LogP contribution in [-0.2, 0) is 21.0 Å². The van der Waals surface area contributed by atoms with Gasteiger partial charge in [0.15, 0.2) is 0 Å². The van der Waals surface area contributed by atoms with Crippen molar-refractivity contribution in [2.75, 3.05) is 18.9 Å². The highest BCUT2D eigenvalue weighted by Crippen LogP contribution is 2.45. The topological polar surface area (TPSA) is 71.5 Å². The number of hydrogen-bond acceptors (Lipinski definition) is 5. The van der Waals surface area contributed by atoms with Crippen LogP contribution in [0.1, 0.15) is 62.6 Å². The normalized spacial score (nSPS) is 16.3. The summed E-state index contributed by atoms with van der Waals surface area (Å²) in [7, 11) is -2.82. The first-order chi connectivity index (χ1) is 15.6. The summed E-state index contributed by atoms with van der Waals surface area (Å²) in [6.45, 7) is 1.66. The largest absolute Gasteiger partial charge is 0.326 e. The van der Waals surface area contributed by atoms with E-state index in [1.165, 1.54) is 17.7 Å². The molecule has 3 rings (SSSR count). The lowest BCUT2D eigenvalue weighted by Crippen LogP contribution is -2.23. The molecule has 1 heterocycles. The Morgan fingerprint density at radius 1 is 1.16 bits per heavy atom. The molecule has 5 nitrogen and oxygen atoms in total. The first-order valence-corrected chi connectivity index (χ1v) is 13.7. The average molecular weight is 481 g/mol. The van der Waals surface area contributed by atoms with Crippen LogP contribution in [-0.4, -0.2) is 28.8 Å². The lowest BCUT2D eigenvalue weighted by Gasteiger charge is -2.30. The zero-order valence-electron chi connectivity index (χ0n) is 18.5. The van der Waals surface area contributed by atoms with Crippen LogP contribution in [0.2, 0.25) is 0 Å². The van der Waals surface area contributed by atoms with Gasteiger partial charge >= 0.3 is 8.25 Å². The van der Waals surface area contributed by atoms with E-state index < -0.39 is 8.25 Å². The van der Waals surface area contributed by atoms with Gasteiger partial charge in [0.05, 0.1) is 12.3 Å². The number of benzene rings is 1. The molecule has 1 unspecified atom stereocenters. The number of pyridine rings is 1.